The lowest BCUT2D eigenvalue weighted by molar-refractivity contribution is 1.18. The molecule has 6 aromatic rings. The van der Waals surface area contributed by atoms with E-state index in [4.69, 9.17) is 4.99 Å². The number of aromatic nitrogens is 1. The topological polar surface area (TPSA) is 17.3 Å². The maximum absolute atomic E-state index is 5.14. The monoisotopic (exact) mass is 488 g/mol. The molecule has 0 aliphatic carbocycles. The molecule has 1 aromatic heterocycles. The van der Waals surface area contributed by atoms with E-state index in [2.05, 4.69) is 121 Å². The van der Waals surface area contributed by atoms with E-state index in [1.165, 1.54) is 21.8 Å². The molecule has 0 saturated carbocycles. The van der Waals surface area contributed by atoms with Crippen LogP contribution < -0.4 is 0 Å². The lowest BCUT2D eigenvalue weighted by atomic mass is 10.0. The Kier molecular flexibility index (Phi) is 6.29. The van der Waals surface area contributed by atoms with E-state index in [1.54, 1.807) is 0 Å². The highest BCUT2D eigenvalue weighted by Gasteiger charge is 2.14. The molecule has 1 heterocycles. The minimum absolute atomic E-state index is 0.888. The van der Waals surface area contributed by atoms with E-state index >= 15 is 0 Å². The molecule has 0 atom stereocenters. The van der Waals surface area contributed by atoms with E-state index in [0.717, 1.165) is 39.4 Å². The van der Waals surface area contributed by atoms with Crippen molar-refractivity contribution in [1.82, 2.24) is 4.57 Å². The van der Waals surface area contributed by atoms with Crippen molar-refractivity contribution in [3.63, 3.8) is 0 Å². The van der Waals surface area contributed by atoms with E-state index in [-0.39, 0.29) is 0 Å². The van der Waals surface area contributed by atoms with Gasteiger partial charge in [0.05, 0.1) is 16.7 Å². The molecule has 0 radical (unpaired) electrons. The van der Waals surface area contributed by atoms with Gasteiger partial charge in [-0.15, -0.1) is 0 Å². The van der Waals surface area contributed by atoms with E-state index < -0.39 is 0 Å². The van der Waals surface area contributed by atoms with Crippen LogP contribution in [0.25, 0.3) is 38.8 Å². The zero-order chi connectivity index (χ0) is 25.9. The molecule has 0 saturated heterocycles. The van der Waals surface area contributed by atoms with Gasteiger partial charge in [-0.3, -0.25) is 4.99 Å². The van der Waals surface area contributed by atoms with E-state index in [9.17, 15) is 0 Å². The number of fused-ring (bicyclic) bond motifs is 3. The second-order valence-electron chi connectivity index (χ2n) is 9.40. The van der Waals surface area contributed by atoms with Crippen molar-refractivity contribution >= 4 is 38.8 Å². The highest BCUT2D eigenvalue weighted by molar-refractivity contribution is 6.10. The summed E-state index contributed by atoms with van der Waals surface area (Å²) in [6.45, 7) is 6.44. The first-order valence-corrected chi connectivity index (χ1v) is 12.8. The fourth-order valence-corrected chi connectivity index (χ4v) is 4.99. The second-order valence-corrected chi connectivity index (χ2v) is 9.40. The summed E-state index contributed by atoms with van der Waals surface area (Å²) in [7, 11) is 0. The third-order valence-electron chi connectivity index (χ3n) is 6.92. The molecule has 182 valence electrons. The van der Waals surface area contributed by atoms with Gasteiger partial charge in [0.2, 0.25) is 0 Å². The molecule has 0 fully saturated rings. The highest BCUT2D eigenvalue weighted by atomic mass is 15.0. The fourth-order valence-electron chi connectivity index (χ4n) is 4.99. The quantitative estimate of drug-likeness (QED) is 0.164. The fraction of sp³-hybridized carbons (Fsp3) is 0.0278. The number of hydrogen-bond acceptors (Lipinski definition) is 1. The predicted octanol–water partition coefficient (Wildman–Crippen LogP) is 9.35. The molecule has 0 aliphatic rings. The average Bonchev–Trinajstić information content (AvgIpc) is 3.32. The number of para-hydroxylation sites is 2. The van der Waals surface area contributed by atoms with E-state index in [1.807, 2.05) is 36.4 Å². The molecule has 0 spiro atoms. The lowest BCUT2D eigenvalue weighted by Crippen LogP contribution is -1.96. The molecule has 2 heteroatoms. The maximum Gasteiger partial charge on any atom is 0.0711 e. The molecule has 5 aromatic carbocycles. The van der Waals surface area contributed by atoms with Gasteiger partial charge in [-0.1, -0.05) is 110 Å². The Morgan fingerprint density at radius 2 is 1.18 bits per heavy atom. The number of rotatable bonds is 6. The van der Waals surface area contributed by atoms with Crippen LogP contribution in [0.15, 0.2) is 151 Å². The third-order valence-corrected chi connectivity index (χ3v) is 6.92. The second kappa shape index (κ2) is 10.2. The van der Waals surface area contributed by atoms with Crippen LogP contribution >= 0.6 is 0 Å². The standard InChI is InChI=1S/C36H28N2/c1-26(28-14-6-3-7-15-28)24-34(37-27(2)29-16-8-4-9-17-29)30-22-23-36-33(25-30)32-20-12-13-21-35(32)38(36)31-18-10-5-11-19-31/h3-25H,1H2,2H3/b34-24-,37-27?. The zero-order valence-electron chi connectivity index (χ0n) is 21.4. The first-order chi connectivity index (χ1) is 18.7. The van der Waals surface area contributed by atoms with Crippen LogP contribution in [0.5, 0.6) is 0 Å². The summed E-state index contributed by atoms with van der Waals surface area (Å²) in [6, 6.07) is 46.4. The van der Waals surface area contributed by atoms with Crippen LogP contribution in [0.4, 0.5) is 0 Å². The molecule has 0 bridgehead atoms. The largest absolute Gasteiger partial charge is 0.309 e. The summed E-state index contributed by atoms with van der Waals surface area (Å²) < 4.78 is 2.33. The third kappa shape index (κ3) is 4.49. The van der Waals surface area contributed by atoms with Gasteiger partial charge in [-0.25, -0.2) is 0 Å². The summed E-state index contributed by atoms with van der Waals surface area (Å²) in [5.41, 5.74) is 9.53. The van der Waals surface area contributed by atoms with Gasteiger partial charge in [0.15, 0.2) is 0 Å². The van der Waals surface area contributed by atoms with Crippen molar-refractivity contribution in [3.8, 4) is 5.69 Å². The van der Waals surface area contributed by atoms with Crippen molar-refractivity contribution in [3.05, 3.63) is 163 Å². The Hall–Kier alpha value is -4.95. The molecule has 2 nitrogen and oxygen atoms in total. The molecule has 0 amide bonds. The van der Waals surface area contributed by atoms with Crippen molar-refractivity contribution in [2.24, 2.45) is 4.99 Å². The van der Waals surface area contributed by atoms with Crippen LogP contribution in [-0.4, -0.2) is 10.3 Å². The average molecular weight is 489 g/mol. The minimum Gasteiger partial charge on any atom is -0.309 e. The number of benzene rings is 5. The normalized spacial score (nSPS) is 12.2. The van der Waals surface area contributed by atoms with Gasteiger partial charge in [-0.2, -0.15) is 0 Å². The minimum atomic E-state index is 0.888. The molecule has 0 aliphatic heterocycles. The SMILES string of the molecule is C=C(/C=C(\N=C(C)c1ccccc1)c1ccc2c(c1)c1ccccc1n2-c1ccccc1)c1ccccc1. The predicted molar refractivity (Wildman–Crippen MR) is 163 cm³/mol. The highest BCUT2D eigenvalue weighted by Crippen LogP contribution is 2.34. The number of allylic oxidation sites excluding steroid dienone is 2. The van der Waals surface area contributed by atoms with Crippen LogP contribution in [0.3, 0.4) is 0 Å². The first-order valence-electron chi connectivity index (χ1n) is 12.8. The molecule has 0 N–H and O–H groups in total. The Labute approximate surface area is 223 Å². The van der Waals surface area contributed by atoms with Crippen molar-refractivity contribution in [2.75, 3.05) is 0 Å². The van der Waals surface area contributed by atoms with Crippen LogP contribution in [0, 0.1) is 0 Å². The van der Waals surface area contributed by atoms with Crippen molar-refractivity contribution < 1.29 is 0 Å². The van der Waals surface area contributed by atoms with Gasteiger partial charge < -0.3 is 4.57 Å². The lowest BCUT2D eigenvalue weighted by Gasteiger charge is -2.10. The first kappa shape index (κ1) is 23.4. The zero-order valence-corrected chi connectivity index (χ0v) is 21.4. The maximum atomic E-state index is 5.14. The smallest absolute Gasteiger partial charge is 0.0711 e. The molecular formula is C36H28N2. The van der Waals surface area contributed by atoms with Gasteiger partial charge in [0.1, 0.15) is 0 Å². The van der Waals surface area contributed by atoms with Gasteiger partial charge in [-0.05, 0) is 60.0 Å². The Morgan fingerprint density at radius 3 is 1.89 bits per heavy atom. The summed E-state index contributed by atoms with van der Waals surface area (Å²) in [5, 5.41) is 2.42. The van der Waals surface area contributed by atoms with Gasteiger partial charge >= 0.3 is 0 Å². The molecule has 0 unspecified atom stereocenters. The number of aliphatic imine (C=N–C) groups is 1. The summed E-state index contributed by atoms with van der Waals surface area (Å²) in [6.07, 6.45) is 2.10. The van der Waals surface area contributed by atoms with Gasteiger partial charge in [0, 0.05) is 27.7 Å². The van der Waals surface area contributed by atoms with Crippen LogP contribution in [0.2, 0.25) is 0 Å². The Bertz CT molecular complexity index is 1810. The number of hydrogen-bond donors (Lipinski definition) is 0. The molecule has 38 heavy (non-hydrogen) atoms. The summed E-state index contributed by atoms with van der Waals surface area (Å²) in [5.74, 6) is 0. The van der Waals surface area contributed by atoms with Gasteiger partial charge in [0.25, 0.3) is 0 Å². The summed E-state index contributed by atoms with van der Waals surface area (Å²) >= 11 is 0. The number of nitrogens with zero attached hydrogens (tertiary/aromatic N) is 2. The Balaban J connectivity index is 1.55. The van der Waals surface area contributed by atoms with Crippen molar-refractivity contribution in [2.45, 2.75) is 6.92 Å². The Morgan fingerprint density at radius 1 is 0.605 bits per heavy atom. The van der Waals surface area contributed by atoms with Crippen LogP contribution in [0.1, 0.15) is 23.6 Å². The summed E-state index contributed by atoms with van der Waals surface area (Å²) in [4.78, 5) is 5.14. The molecule has 6 rings (SSSR count). The van der Waals surface area contributed by atoms with Crippen molar-refractivity contribution in [1.29, 1.82) is 0 Å². The van der Waals surface area contributed by atoms with Crippen LogP contribution in [-0.2, 0) is 0 Å². The van der Waals surface area contributed by atoms with E-state index in [0.29, 0.717) is 0 Å². The molecular weight excluding hydrogens is 460 g/mol.